The molecule has 0 fully saturated rings. The van der Waals surface area contributed by atoms with E-state index in [-0.39, 0.29) is 11.8 Å². The van der Waals surface area contributed by atoms with Gasteiger partial charge in [0, 0.05) is 23.8 Å². The van der Waals surface area contributed by atoms with Gasteiger partial charge in [0.1, 0.15) is 10.7 Å². The zero-order valence-electron chi connectivity index (χ0n) is 16.4. The van der Waals surface area contributed by atoms with E-state index in [0.29, 0.717) is 16.3 Å². The summed E-state index contributed by atoms with van der Waals surface area (Å²) in [5.41, 5.74) is 2.89. The van der Waals surface area contributed by atoms with Crippen LogP contribution in [-0.4, -0.2) is 21.6 Å². The molecule has 1 aromatic carbocycles. The standard InChI is InChI=1S/C22H24N4O2S/c1-26-17(13-14-23-26)20(27)25-22-19(21(28)24-15-9-5-4-6-10-15)16-11-7-2-3-8-12-18(16)29-22/h4-6,9-10,13-14H,2-3,7-8,11-12H2,1H3,(H,24,28)(H,25,27). The number of amides is 2. The second kappa shape index (κ2) is 8.61. The van der Waals surface area contributed by atoms with E-state index in [1.54, 1.807) is 19.3 Å². The first kappa shape index (κ1) is 19.4. The van der Waals surface area contributed by atoms with Crippen LogP contribution in [0.4, 0.5) is 10.7 Å². The number of anilines is 2. The minimum Gasteiger partial charge on any atom is -0.322 e. The van der Waals surface area contributed by atoms with Crippen LogP contribution in [0.25, 0.3) is 0 Å². The van der Waals surface area contributed by atoms with Crippen LogP contribution in [-0.2, 0) is 19.9 Å². The van der Waals surface area contributed by atoms with Crippen molar-refractivity contribution in [2.24, 2.45) is 7.05 Å². The van der Waals surface area contributed by atoms with Gasteiger partial charge in [0.05, 0.1) is 5.56 Å². The Kier molecular flexibility index (Phi) is 5.76. The first-order chi connectivity index (χ1) is 14.1. The lowest BCUT2D eigenvalue weighted by atomic mass is 9.96. The van der Waals surface area contributed by atoms with E-state index >= 15 is 0 Å². The summed E-state index contributed by atoms with van der Waals surface area (Å²) in [5, 5.41) is 10.6. The number of para-hydroxylation sites is 1. The number of carbonyl (C=O) groups is 2. The summed E-state index contributed by atoms with van der Waals surface area (Å²) < 4.78 is 1.53. The van der Waals surface area contributed by atoms with Crippen molar-refractivity contribution < 1.29 is 9.59 Å². The number of rotatable bonds is 4. The quantitative estimate of drug-likeness (QED) is 0.660. The molecule has 150 valence electrons. The van der Waals surface area contributed by atoms with Gasteiger partial charge in [-0.2, -0.15) is 5.10 Å². The molecule has 7 heteroatoms. The summed E-state index contributed by atoms with van der Waals surface area (Å²) >= 11 is 1.53. The maximum absolute atomic E-state index is 13.2. The van der Waals surface area contributed by atoms with Gasteiger partial charge in [-0.05, 0) is 49.4 Å². The maximum atomic E-state index is 13.2. The molecule has 0 aliphatic heterocycles. The lowest BCUT2D eigenvalue weighted by Gasteiger charge is -2.12. The fraction of sp³-hybridized carbons (Fsp3) is 0.318. The van der Waals surface area contributed by atoms with Crippen molar-refractivity contribution in [2.75, 3.05) is 10.6 Å². The molecule has 0 spiro atoms. The van der Waals surface area contributed by atoms with Crippen molar-refractivity contribution in [3.8, 4) is 0 Å². The lowest BCUT2D eigenvalue weighted by molar-refractivity contribution is 0.101. The van der Waals surface area contributed by atoms with E-state index in [4.69, 9.17) is 0 Å². The van der Waals surface area contributed by atoms with E-state index in [1.807, 2.05) is 30.3 Å². The molecule has 1 aliphatic rings. The second-order valence-corrected chi connectivity index (χ2v) is 8.34. The van der Waals surface area contributed by atoms with Gasteiger partial charge in [-0.15, -0.1) is 11.3 Å². The summed E-state index contributed by atoms with van der Waals surface area (Å²) in [5.74, 6) is -0.428. The van der Waals surface area contributed by atoms with Gasteiger partial charge in [0.25, 0.3) is 11.8 Å². The van der Waals surface area contributed by atoms with Crippen LogP contribution < -0.4 is 10.6 Å². The van der Waals surface area contributed by atoms with Crippen LogP contribution in [0.3, 0.4) is 0 Å². The van der Waals surface area contributed by atoms with Crippen LogP contribution in [0.2, 0.25) is 0 Å². The molecule has 2 amide bonds. The van der Waals surface area contributed by atoms with Crippen LogP contribution >= 0.6 is 11.3 Å². The van der Waals surface area contributed by atoms with Gasteiger partial charge in [-0.1, -0.05) is 31.0 Å². The van der Waals surface area contributed by atoms with Gasteiger partial charge >= 0.3 is 0 Å². The largest absolute Gasteiger partial charge is 0.322 e. The molecule has 2 heterocycles. The van der Waals surface area contributed by atoms with Crippen LogP contribution in [0.1, 0.15) is 57.0 Å². The molecule has 6 nitrogen and oxygen atoms in total. The van der Waals surface area contributed by atoms with E-state index in [0.717, 1.165) is 36.9 Å². The first-order valence-electron chi connectivity index (χ1n) is 9.94. The zero-order valence-corrected chi connectivity index (χ0v) is 17.2. The van der Waals surface area contributed by atoms with Crippen molar-refractivity contribution in [1.82, 2.24) is 9.78 Å². The minimum atomic E-state index is -0.256. The third kappa shape index (κ3) is 4.24. The molecule has 2 N–H and O–H groups in total. The second-order valence-electron chi connectivity index (χ2n) is 7.24. The molecule has 0 bridgehead atoms. The Morgan fingerprint density at radius 1 is 0.966 bits per heavy atom. The Labute approximate surface area is 173 Å². The lowest BCUT2D eigenvalue weighted by Crippen LogP contribution is -2.20. The molecule has 1 aliphatic carbocycles. The Hall–Kier alpha value is -2.93. The third-order valence-corrected chi connectivity index (χ3v) is 6.42. The third-order valence-electron chi connectivity index (χ3n) is 5.21. The minimum absolute atomic E-state index is 0.172. The number of benzene rings is 1. The van der Waals surface area contributed by atoms with E-state index in [9.17, 15) is 9.59 Å². The number of aryl methyl sites for hydroxylation is 2. The fourth-order valence-electron chi connectivity index (χ4n) is 3.73. The molecule has 3 aromatic rings. The summed E-state index contributed by atoms with van der Waals surface area (Å²) in [7, 11) is 1.73. The van der Waals surface area contributed by atoms with Crippen molar-refractivity contribution in [2.45, 2.75) is 38.5 Å². The zero-order chi connectivity index (χ0) is 20.2. The van der Waals surface area contributed by atoms with E-state index < -0.39 is 0 Å². The van der Waals surface area contributed by atoms with Gasteiger partial charge in [-0.25, -0.2) is 0 Å². The summed E-state index contributed by atoms with van der Waals surface area (Å²) in [6, 6.07) is 11.1. The number of nitrogens with zero attached hydrogens (tertiary/aromatic N) is 2. The smallest absolute Gasteiger partial charge is 0.274 e. The van der Waals surface area contributed by atoms with E-state index in [1.165, 1.54) is 33.7 Å². The predicted octanol–water partition coefficient (Wildman–Crippen LogP) is 4.65. The van der Waals surface area contributed by atoms with Crippen LogP contribution in [0, 0.1) is 0 Å². The number of hydrogen-bond donors (Lipinski definition) is 2. The van der Waals surface area contributed by atoms with E-state index in [2.05, 4.69) is 15.7 Å². The Morgan fingerprint density at radius 3 is 2.45 bits per heavy atom. The molecule has 0 saturated carbocycles. The molecule has 4 rings (SSSR count). The number of carbonyl (C=O) groups excluding carboxylic acids is 2. The Morgan fingerprint density at radius 2 is 1.72 bits per heavy atom. The van der Waals surface area contributed by atoms with Crippen LogP contribution in [0.15, 0.2) is 42.6 Å². The van der Waals surface area contributed by atoms with Gasteiger partial charge in [0.2, 0.25) is 0 Å². The Bertz CT molecular complexity index is 1020. The number of fused-ring (bicyclic) bond motifs is 1. The highest BCUT2D eigenvalue weighted by molar-refractivity contribution is 7.17. The fourth-order valence-corrected chi connectivity index (χ4v) is 5.01. The monoisotopic (exact) mass is 408 g/mol. The van der Waals surface area contributed by atoms with Crippen molar-refractivity contribution in [1.29, 1.82) is 0 Å². The topological polar surface area (TPSA) is 76.0 Å². The highest BCUT2D eigenvalue weighted by atomic mass is 32.1. The highest BCUT2D eigenvalue weighted by Crippen LogP contribution is 2.37. The normalized spacial score (nSPS) is 13.8. The molecule has 0 radical (unpaired) electrons. The average Bonchev–Trinajstić information content (AvgIpc) is 3.26. The molecule has 29 heavy (non-hydrogen) atoms. The van der Waals surface area contributed by atoms with Crippen molar-refractivity contribution in [3.05, 3.63) is 64.3 Å². The van der Waals surface area contributed by atoms with Crippen LogP contribution in [0.5, 0.6) is 0 Å². The van der Waals surface area contributed by atoms with Gasteiger partial charge in [-0.3, -0.25) is 14.3 Å². The molecule has 0 atom stereocenters. The summed E-state index contributed by atoms with van der Waals surface area (Å²) in [6.07, 6.45) is 7.96. The molecular formula is C22H24N4O2S. The average molecular weight is 409 g/mol. The first-order valence-corrected chi connectivity index (χ1v) is 10.8. The summed E-state index contributed by atoms with van der Waals surface area (Å²) in [6.45, 7) is 0. The highest BCUT2D eigenvalue weighted by Gasteiger charge is 2.26. The molecule has 2 aromatic heterocycles. The number of thiophene rings is 1. The SMILES string of the molecule is Cn1nccc1C(=O)Nc1sc2c(c1C(=O)Nc1ccccc1)CCCCCC2. The Balaban J connectivity index is 1.69. The molecule has 0 saturated heterocycles. The van der Waals surface area contributed by atoms with Crippen molar-refractivity contribution >= 4 is 33.8 Å². The van der Waals surface area contributed by atoms with Crippen molar-refractivity contribution in [3.63, 3.8) is 0 Å². The number of hydrogen-bond acceptors (Lipinski definition) is 4. The molecular weight excluding hydrogens is 384 g/mol. The number of aromatic nitrogens is 2. The van der Waals surface area contributed by atoms with Gasteiger partial charge in [0.15, 0.2) is 0 Å². The number of nitrogens with one attached hydrogen (secondary N) is 2. The molecule has 0 unspecified atom stereocenters. The predicted molar refractivity (Wildman–Crippen MR) is 116 cm³/mol. The maximum Gasteiger partial charge on any atom is 0.274 e. The summed E-state index contributed by atoms with van der Waals surface area (Å²) in [4.78, 5) is 27.2. The van der Waals surface area contributed by atoms with Gasteiger partial charge < -0.3 is 10.6 Å².